The molecule has 2 N–H and O–H groups in total. The molecule has 1 atom stereocenters. The molecule has 0 bridgehead atoms. The number of nitrogens with one attached hydrogen (secondary N) is 2. The topological polar surface area (TPSA) is 54.9 Å². The van der Waals surface area contributed by atoms with Crippen LogP contribution < -0.4 is 10.6 Å². The standard InChI is InChI=1S/C30H31N3O2/c1-4-35-29-27(22(20-34-3)19-21(2)31-29)28-32-26-18-12-11-17-25(26)30(33-28,23-13-7-5-8-14-23)24-15-9-6-10-16-24/h5-19,29,31H,4,20H2,1-3H3,(H,32,33)/t29-/m0/s1. The first kappa shape index (κ1) is 23.1. The van der Waals surface area contributed by atoms with Crippen LogP contribution in [0.1, 0.15) is 30.5 Å². The maximum Gasteiger partial charge on any atom is 0.157 e. The third kappa shape index (κ3) is 4.18. The molecule has 0 spiro atoms. The quantitative estimate of drug-likeness (QED) is 0.476. The lowest BCUT2D eigenvalue weighted by Gasteiger charge is -2.40. The van der Waals surface area contributed by atoms with E-state index in [1.54, 1.807) is 7.11 Å². The molecule has 0 aliphatic carbocycles. The average Bonchev–Trinajstić information content (AvgIpc) is 2.89. The van der Waals surface area contributed by atoms with E-state index < -0.39 is 5.54 Å². The van der Waals surface area contributed by atoms with Crippen molar-refractivity contribution in [1.82, 2.24) is 5.32 Å². The van der Waals surface area contributed by atoms with Gasteiger partial charge in [-0.25, -0.2) is 4.99 Å². The van der Waals surface area contributed by atoms with Crippen LogP contribution >= 0.6 is 0 Å². The smallest absolute Gasteiger partial charge is 0.157 e. The highest BCUT2D eigenvalue weighted by molar-refractivity contribution is 6.12. The van der Waals surface area contributed by atoms with Gasteiger partial charge in [0.15, 0.2) is 6.23 Å². The van der Waals surface area contributed by atoms with Crippen LogP contribution in [0, 0.1) is 0 Å². The fourth-order valence-electron chi connectivity index (χ4n) is 5.06. The molecule has 0 radical (unpaired) electrons. The maximum absolute atomic E-state index is 6.18. The molecule has 5 heteroatoms. The molecule has 0 unspecified atom stereocenters. The zero-order valence-corrected chi connectivity index (χ0v) is 20.4. The minimum atomic E-state index is -0.724. The maximum atomic E-state index is 6.18. The monoisotopic (exact) mass is 465 g/mol. The van der Waals surface area contributed by atoms with Crippen molar-refractivity contribution in [2.45, 2.75) is 25.6 Å². The van der Waals surface area contributed by atoms with Crippen molar-refractivity contribution in [3.8, 4) is 0 Å². The van der Waals surface area contributed by atoms with Gasteiger partial charge in [-0.05, 0) is 42.7 Å². The van der Waals surface area contributed by atoms with Crippen LogP contribution in [-0.2, 0) is 15.0 Å². The van der Waals surface area contributed by atoms with Crippen LogP contribution in [0.2, 0.25) is 0 Å². The molecular formula is C30H31N3O2. The van der Waals surface area contributed by atoms with E-state index in [9.17, 15) is 0 Å². The largest absolute Gasteiger partial charge is 0.380 e. The summed E-state index contributed by atoms with van der Waals surface area (Å²) in [6.07, 6.45) is 1.78. The molecule has 0 amide bonds. The van der Waals surface area contributed by atoms with Crippen molar-refractivity contribution < 1.29 is 9.47 Å². The van der Waals surface area contributed by atoms with E-state index >= 15 is 0 Å². The van der Waals surface area contributed by atoms with Gasteiger partial charge in [0.05, 0.1) is 6.61 Å². The van der Waals surface area contributed by atoms with Gasteiger partial charge in [0.2, 0.25) is 0 Å². The van der Waals surface area contributed by atoms with Gasteiger partial charge in [0.1, 0.15) is 11.4 Å². The summed E-state index contributed by atoms with van der Waals surface area (Å²) in [7, 11) is 1.72. The molecule has 2 aliphatic rings. The van der Waals surface area contributed by atoms with E-state index in [0.717, 1.165) is 45.1 Å². The van der Waals surface area contributed by atoms with E-state index in [1.165, 1.54) is 0 Å². The second-order valence-corrected chi connectivity index (χ2v) is 8.75. The van der Waals surface area contributed by atoms with Gasteiger partial charge in [0, 0.05) is 36.2 Å². The number of aliphatic imine (C=N–C) groups is 1. The Labute approximate surface area is 207 Å². The van der Waals surface area contributed by atoms with Crippen LogP contribution in [0.3, 0.4) is 0 Å². The summed E-state index contributed by atoms with van der Waals surface area (Å²) in [5.74, 6) is 0.776. The third-order valence-corrected chi connectivity index (χ3v) is 6.48. The molecule has 0 saturated heterocycles. The van der Waals surface area contributed by atoms with E-state index in [1.807, 2.05) is 26.0 Å². The number of amidine groups is 1. The molecule has 0 aromatic heterocycles. The number of rotatable bonds is 7. The lowest BCUT2D eigenvalue weighted by Crippen LogP contribution is -2.44. The van der Waals surface area contributed by atoms with Gasteiger partial charge in [-0.2, -0.15) is 0 Å². The summed E-state index contributed by atoms with van der Waals surface area (Å²) < 4.78 is 11.8. The molecule has 2 aliphatic heterocycles. The number of benzene rings is 3. The molecular weight excluding hydrogens is 434 g/mol. The fourth-order valence-corrected chi connectivity index (χ4v) is 5.06. The van der Waals surface area contributed by atoms with Gasteiger partial charge in [-0.3, -0.25) is 0 Å². The first-order valence-corrected chi connectivity index (χ1v) is 12.0. The first-order chi connectivity index (χ1) is 17.2. The van der Waals surface area contributed by atoms with Crippen LogP contribution in [0.4, 0.5) is 5.69 Å². The van der Waals surface area contributed by atoms with Gasteiger partial charge >= 0.3 is 0 Å². The van der Waals surface area contributed by atoms with Crippen molar-refractivity contribution in [1.29, 1.82) is 0 Å². The van der Waals surface area contributed by atoms with Gasteiger partial charge in [-0.15, -0.1) is 0 Å². The Balaban J connectivity index is 1.83. The highest BCUT2D eigenvalue weighted by Crippen LogP contribution is 2.46. The molecule has 5 nitrogen and oxygen atoms in total. The number of methoxy groups -OCH3 is 1. The van der Waals surface area contributed by atoms with E-state index in [-0.39, 0.29) is 6.23 Å². The van der Waals surface area contributed by atoms with Gasteiger partial charge in [0.25, 0.3) is 0 Å². The SMILES string of the molecule is CCO[C@@H]1NC(C)=CC(COC)=C1C1=NC(c2ccccc2)(c2ccccc2)c2ccccc2N1. The predicted molar refractivity (Wildman–Crippen MR) is 141 cm³/mol. The summed E-state index contributed by atoms with van der Waals surface area (Å²) >= 11 is 0. The Kier molecular flexibility index (Phi) is 6.53. The molecule has 35 heavy (non-hydrogen) atoms. The van der Waals surface area contributed by atoms with Crippen LogP contribution in [0.15, 0.2) is 113 Å². The van der Waals surface area contributed by atoms with E-state index in [0.29, 0.717) is 13.2 Å². The first-order valence-electron chi connectivity index (χ1n) is 12.0. The highest BCUT2D eigenvalue weighted by atomic mass is 16.5. The number of hydrogen-bond acceptors (Lipinski definition) is 5. The van der Waals surface area contributed by atoms with E-state index in [4.69, 9.17) is 14.5 Å². The zero-order valence-electron chi connectivity index (χ0n) is 20.4. The van der Waals surface area contributed by atoms with Gasteiger partial charge in [-0.1, -0.05) is 78.9 Å². The zero-order chi connectivity index (χ0) is 24.3. The molecule has 0 saturated carbocycles. The fraction of sp³-hybridized carbons (Fsp3) is 0.233. The lowest BCUT2D eigenvalue weighted by atomic mass is 9.75. The number of fused-ring (bicyclic) bond motifs is 1. The van der Waals surface area contributed by atoms with Crippen LogP contribution in [-0.4, -0.2) is 32.4 Å². The van der Waals surface area contributed by atoms with E-state index in [2.05, 4.69) is 89.5 Å². The molecule has 5 rings (SSSR count). The van der Waals surface area contributed by atoms with Crippen LogP contribution in [0.5, 0.6) is 0 Å². The summed E-state index contributed by atoms with van der Waals surface area (Å²) in [5.41, 5.74) is 6.67. The minimum Gasteiger partial charge on any atom is -0.380 e. The van der Waals surface area contributed by atoms with Gasteiger partial charge < -0.3 is 20.1 Å². The Morgan fingerprint density at radius 2 is 1.51 bits per heavy atom. The predicted octanol–water partition coefficient (Wildman–Crippen LogP) is 5.62. The number of nitrogens with zero attached hydrogens (tertiary/aromatic N) is 1. The summed E-state index contributed by atoms with van der Waals surface area (Å²) in [5, 5.41) is 7.13. The number of hydrogen-bond donors (Lipinski definition) is 2. The molecule has 3 aromatic rings. The number of allylic oxidation sites excluding steroid dienone is 1. The molecule has 0 fully saturated rings. The average molecular weight is 466 g/mol. The van der Waals surface area contributed by atoms with Crippen molar-refractivity contribution in [3.63, 3.8) is 0 Å². The normalized spacial score (nSPS) is 18.7. The summed E-state index contributed by atoms with van der Waals surface area (Å²) in [6.45, 7) is 5.08. The van der Waals surface area contributed by atoms with Crippen LogP contribution in [0.25, 0.3) is 0 Å². The Morgan fingerprint density at radius 3 is 2.14 bits per heavy atom. The summed E-state index contributed by atoms with van der Waals surface area (Å²) in [4.78, 5) is 5.55. The minimum absolute atomic E-state index is 0.337. The number of dihydropyridines is 1. The molecule has 178 valence electrons. The Morgan fingerprint density at radius 1 is 0.886 bits per heavy atom. The highest BCUT2D eigenvalue weighted by Gasteiger charge is 2.42. The Hall–Kier alpha value is -3.67. The second kappa shape index (κ2) is 9.90. The molecule has 3 aromatic carbocycles. The lowest BCUT2D eigenvalue weighted by molar-refractivity contribution is 0.0724. The van der Waals surface area contributed by atoms with Crippen molar-refractivity contribution in [2.75, 3.05) is 25.6 Å². The Bertz CT molecular complexity index is 1240. The van der Waals surface area contributed by atoms with Crippen molar-refractivity contribution >= 4 is 11.5 Å². The van der Waals surface area contributed by atoms with Crippen molar-refractivity contribution in [2.24, 2.45) is 4.99 Å². The second-order valence-electron chi connectivity index (χ2n) is 8.75. The number of para-hydroxylation sites is 1. The third-order valence-electron chi connectivity index (χ3n) is 6.48. The number of ether oxygens (including phenoxy) is 2. The van der Waals surface area contributed by atoms with Crippen molar-refractivity contribution in [3.05, 3.63) is 125 Å². The molecule has 2 heterocycles. The summed E-state index contributed by atoms with van der Waals surface area (Å²) in [6, 6.07) is 29.4. The number of anilines is 1.